The Morgan fingerprint density at radius 3 is 2.80 bits per heavy atom. The van der Waals surface area contributed by atoms with E-state index in [-0.39, 0.29) is 10.9 Å². The number of halogens is 1. The molecule has 0 fully saturated rings. The summed E-state index contributed by atoms with van der Waals surface area (Å²) in [5, 5.41) is 0.940. The number of benzene rings is 1. The fraction of sp³-hybridized carbons (Fsp3) is 0.294. The highest BCUT2D eigenvalue weighted by atomic mass is 32.2. The Hall–Kier alpha value is -2.32. The number of hydrogen-bond acceptors (Lipinski definition) is 4. The molecule has 2 heterocycles. The summed E-state index contributed by atoms with van der Waals surface area (Å²) in [6, 6.07) is 4.76. The maximum atomic E-state index is 13.1. The number of H-pyrrole nitrogens is 1. The largest absolute Gasteiger partial charge is 0.343 e. The van der Waals surface area contributed by atoms with Crippen LogP contribution in [-0.4, -0.2) is 40.8 Å². The number of nitrogens with zero attached hydrogens (tertiary/aromatic N) is 3. The van der Waals surface area contributed by atoms with Crippen molar-refractivity contribution in [2.45, 2.75) is 30.2 Å². The Morgan fingerprint density at radius 1 is 1.28 bits per heavy atom. The van der Waals surface area contributed by atoms with Crippen LogP contribution in [0.3, 0.4) is 0 Å². The topological polar surface area (TPSA) is 79.0 Å². The van der Waals surface area contributed by atoms with E-state index in [0.29, 0.717) is 12.8 Å². The minimum atomic E-state index is -3.67. The predicted molar refractivity (Wildman–Crippen MR) is 91.1 cm³/mol. The number of sulfonamides is 1. The van der Waals surface area contributed by atoms with Crippen LogP contribution < -0.4 is 0 Å². The average Bonchev–Trinajstić information content (AvgIpc) is 2.99. The zero-order valence-corrected chi connectivity index (χ0v) is 14.4. The molecule has 1 aliphatic rings. The van der Waals surface area contributed by atoms with Crippen LogP contribution in [0.25, 0.3) is 11.0 Å². The Balaban J connectivity index is 1.65. The van der Waals surface area contributed by atoms with Gasteiger partial charge in [0.1, 0.15) is 17.8 Å². The van der Waals surface area contributed by atoms with Gasteiger partial charge in [0, 0.05) is 30.4 Å². The van der Waals surface area contributed by atoms with Crippen LogP contribution in [0.4, 0.5) is 4.39 Å². The standard InChI is InChI=1S/C17H17FN4O2S/c1-22(25(23,24)13-5-2-11(18)3-6-13)12-4-7-16-14(8-12)15-9-19-10-20-17(15)21-16/h2-3,5-6,9-10,12H,4,7-8H2,1H3,(H,19,20,21). The summed E-state index contributed by atoms with van der Waals surface area (Å²) >= 11 is 0. The van der Waals surface area contributed by atoms with E-state index in [1.54, 1.807) is 13.2 Å². The van der Waals surface area contributed by atoms with Crippen molar-refractivity contribution in [1.82, 2.24) is 19.3 Å². The first-order valence-corrected chi connectivity index (χ1v) is 9.44. The van der Waals surface area contributed by atoms with E-state index in [9.17, 15) is 12.8 Å². The second kappa shape index (κ2) is 5.89. The quantitative estimate of drug-likeness (QED) is 0.777. The summed E-state index contributed by atoms with van der Waals surface area (Å²) in [5.74, 6) is -0.456. The van der Waals surface area contributed by atoms with Crippen LogP contribution in [0.15, 0.2) is 41.7 Å². The van der Waals surface area contributed by atoms with Crippen LogP contribution in [0.5, 0.6) is 0 Å². The maximum absolute atomic E-state index is 13.1. The number of rotatable bonds is 3. The lowest BCUT2D eigenvalue weighted by Gasteiger charge is -2.30. The zero-order chi connectivity index (χ0) is 17.6. The number of fused-ring (bicyclic) bond motifs is 3. The summed E-state index contributed by atoms with van der Waals surface area (Å²) in [6.07, 6.45) is 5.31. The molecule has 1 N–H and O–H groups in total. The first-order chi connectivity index (χ1) is 12.0. The molecule has 1 unspecified atom stereocenters. The summed E-state index contributed by atoms with van der Waals surface area (Å²) in [6.45, 7) is 0. The fourth-order valence-corrected chi connectivity index (χ4v) is 4.79. The summed E-state index contributed by atoms with van der Waals surface area (Å²) in [7, 11) is -2.09. The number of aryl methyl sites for hydroxylation is 1. The molecule has 25 heavy (non-hydrogen) atoms. The van der Waals surface area contributed by atoms with Crippen molar-refractivity contribution in [2.24, 2.45) is 0 Å². The highest BCUT2D eigenvalue weighted by Gasteiger charge is 2.32. The van der Waals surface area contributed by atoms with E-state index in [1.807, 2.05) is 0 Å². The van der Waals surface area contributed by atoms with Crippen LogP contribution in [0.1, 0.15) is 17.7 Å². The van der Waals surface area contributed by atoms with E-state index in [0.717, 1.165) is 40.8 Å². The van der Waals surface area contributed by atoms with Gasteiger partial charge in [-0.1, -0.05) is 0 Å². The molecule has 130 valence electrons. The Labute approximate surface area is 144 Å². The molecule has 0 amide bonds. The molecule has 1 aliphatic carbocycles. The van der Waals surface area contributed by atoms with Crippen molar-refractivity contribution in [3.63, 3.8) is 0 Å². The zero-order valence-electron chi connectivity index (χ0n) is 13.6. The maximum Gasteiger partial charge on any atom is 0.243 e. The molecule has 0 saturated heterocycles. The van der Waals surface area contributed by atoms with Gasteiger partial charge >= 0.3 is 0 Å². The lowest BCUT2D eigenvalue weighted by molar-refractivity contribution is 0.336. The van der Waals surface area contributed by atoms with Crippen LogP contribution >= 0.6 is 0 Å². The Kier molecular flexibility index (Phi) is 3.81. The van der Waals surface area contributed by atoms with Gasteiger partial charge in [-0.15, -0.1) is 0 Å². The van der Waals surface area contributed by atoms with Gasteiger partial charge < -0.3 is 4.98 Å². The van der Waals surface area contributed by atoms with Gasteiger partial charge in [0.05, 0.1) is 4.90 Å². The third kappa shape index (κ3) is 2.71. The van der Waals surface area contributed by atoms with E-state index >= 15 is 0 Å². The molecule has 8 heteroatoms. The lowest BCUT2D eigenvalue weighted by Crippen LogP contribution is -2.40. The van der Waals surface area contributed by atoms with Crippen LogP contribution in [-0.2, 0) is 22.9 Å². The predicted octanol–water partition coefficient (Wildman–Crippen LogP) is 2.28. The molecule has 6 nitrogen and oxygen atoms in total. The van der Waals surface area contributed by atoms with Gasteiger partial charge in [-0.05, 0) is 49.1 Å². The lowest BCUT2D eigenvalue weighted by atomic mass is 9.92. The smallest absolute Gasteiger partial charge is 0.243 e. The van der Waals surface area contributed by atoms with E-state index in [2.05, 4.69) is 15.0 Å². The number of nitrogens with one attached hydrogen (secondary N) is 1. The first-order valence-electron chi connectivity index (χ1n) is 8.00. The SMILES string of the molecule is CN(C1CCc2[nH]c3ncncc3c2C1)S(=O)(=O)c1ccc(F)cc1. The Bertz CT molecular complexity index is 1030. The first kappa shape index (κ1) is 16.2. The highest BCUT2D eigenvalue weighted by Crippen LogP contribution is 2.31. The normalized spacial score (nSPS) is 17.8. The number of likely N-dealkylation sites (N-methyl/N-ethyl adjacent to an activating group) is 1. The third-order valence-electron chi connectivity index (χ3n) is 4.84. The minimum Gasteiger partial charge on any atom is -0.343 e. The molecule has 2 aromatic heterocycles. The summed E-state index contributed by atoms with van der Waals surface area (Å²) < 4.78 is 40.1. The molecule has 1 aromatic carbocycles. The van der Waals surface area contributed by atoms with Gasteiger partial charge in [-0.25, -0.2) is 22.8 Å². The van der Waals surface area contributed by atoms with Crippen molar-refractivity contribution in [1.29, 1.82) is 0 Å². The molecule has 1 atom stereocenters. The molecule has 0 radical (unpaired) electrons. The van der Waals surface area contributed by atoms with Gasteiger partial charge in [-0.2, -0.15) is 4.31 Å². The van der Waals surface area contributed by atoms with Crippen LogP contribution in [0.2, 0.25) is 0 Å². The van der Waals surface area contributed by atoms with Crippen molar-refractivity contribution >= 4 is 21.1 Å². The van der Waals surface area contributed by atoms with Gasteiger partial charge in [0.25, 0.3) is 0 Å². The molecule has 0 spiro atoms. The number of hydrogen-bond donors (Lipinski definition) is 1. The van der Waals surface area contributed by atoms with E-state index < -0.39 is 15.8 Å². The Morgan fingerprint density at radius 2 is 2.04 bits per heavy atom. The van der Waals surface area contributed by atoms with E-state index in [1.165, 1.54) is 22.8 Å². The summed E-state index contributed by atoms with van der Waals surface area (Å²) in [4.78, 5) is 11.7. The molecule has 3 aromatic rings. The highest BCUT2D eigenvalue weighted by molar-refractivity contribution is 7.89. The molecular formula is C17H17FN4O2S. The minimum absolute atomic E-state index is 0.101. The summed E-state index contributed by atoms with van der Waals surface area (Å²) in [5.41, 5.74) is 2.96. The molecular weight excluding hydrogens is 343 g/mol. The fourth-order valence-electron chi connectivity index (χ4n) is 3.41. The van der Waals surface area contributed by atoms with Crippen molar-refractivity contribution in [3.05, 3.63) is 53.9 Å². The molecule has 0 saturated carbocycles. The monoisotopic (exact) mass is 360 g/mol. The third-order valence-corrected chi connectivity index (χ3v) is 6.77. The van der Waals surface area contributed by atoms with Crippen molar-refractivity contribution in [3.8, 4) is 0 Å². The number of aromatic amines is 1. The van der Waals surface area contributed by atoms with Crippen LogP contribution in [0, 0.1) is 5.82 Å². The van der Waals surface area contributed by atoms with Crippen molar-refractivity contribution < 1.29 is 12.8 Å². The van der Waals surface area contributed by atoms with Crippen molar-refractivity contribution in [2.75, 3.05) is 7.05 Å². The van der Waals surface area contributed by atoms with Gasteiger partial charge in [0.15, 0.2) is 0 Å². The van der Waals surface area contributed by atoms with E-state index in [4.69, 9.17) is 0 Å². The molecule has 4 rings (SSSR count). The average molecular weight is 360 g/mol. The van der Waals surface area contributed by atoms with Gasteiger partial charge in [-0.3, -0.25) is 0 Å². The molecule has 0 aliphatic heterocycles. The second-order valence-corrected chi connectivity index (χ2v) is 8.24. The van der Waals surface area contributed by atoms with Gasteiger partial charge in [0.2, 0.25) is 10.0 Å². The number of aromatic nitrogens is 3. The molecule has 0 bridgehead atoms. The second-order valence-electron chi connectivity index (χ2n) is 6.24.